The molecule has 6 rings (SSSR count). The van der Waals surface area contributed by atoms with E-state index in [0.29, 0.717) is 11.8 Å². The monoisotopic (exact) mass is 388 g/mol. The summed E-state index contributed by atoms with van der Waals surface area (Å²) < 4.78 is 14.5. The first-order valence-corrected chi connectivity index (χ1v) is 11.0. The molecule has 0 fully saturated rings. The molecule has 2 aromatic carbocycles. The third-order valence-corrected chi connectivity index (χ3v) is 8.00. The standard InChI is InChI=1S/C24H17FS2/c25-15-4-1-14(2-5-15)3-6-16-13-20-22(27-16)10-8-19-23-17-11-12-26-21(17)9-7-18(23)24(19)20/h1-2,4-5,7-13,18,23H,3,6H2. The summed E-state index contributed by atoms with van der Waals surface area (Å²) in [5.41, 5.74) is 5.75. The number of benzene rings is 2. The highest BCUT2D eigenvalue weighted by molar-refractivity contribution is 7.19. The van der Waals surface area contributed by atoms with Crippen LogP contribution in [-0.2, 0) is 12.8 Å². The van der Waals surface area contributed by atoms with Gasteiger partial charge in [0.05, 0.1) is 0 Å². The average Bonchev–Trinajstić information content (AvgIpc) is 3.29. The van der Waals surface area contributed by atoms with Gasteiger partial charge in [-0.05, 0) is 82.3 Å². The van der Waals surface area contributed by atoms with E-state index < -0.39 is 0 Å². The van der Waals surface area contributed by atoms with Gasteiger partial charge in [-0.1, -0.05) is 24.3 Å². The molecule has 2 atom stereocenters. The maximum absolute atomic E-state index is 13.1. The van der Waals surface area contributed by atoms with Gasteiger partial charge in [0, 0.05) is 26.3 Å². The number of rotatable bonds is 3. The van der Waals surface area contributed by atoms with Gasteiger partial charge in [-0.15, -0.1) is 22.7 Å². The van der Waals surface area contributed by atoms with Crippen LogP contribution in [0.1, 0.15) is 43.8 Å². The molecule has 0 bridgehead atoms. The molecule has 132 valence electrons. The van der Waals surface area contributed by atoms with E-state index in [9.17, 15) is 4.39 Å². The Bertz CT molecular complexity index is 1190. The van der Waals surface area contributed by atoms with Gasteiger partial charge in [0.25, 0.3) is 0 Å². The minimum Gasteiger partial charge on any atom is -0.207 e. The molecule has 0 saturated carbocycles. The zero-order valence-corrected chi connectivity index (χ0v) is 16.2. The van der Waals surface area contributed by atoms with E-state index in [1.54, 1.807) is 12.1 Å². The first-order valence-electron chi connectivity index (χ1n) is 9.33. The van der Waals surface area contributed by atoms with Crippen LogP contribution in [0.2, 0.25) is 0 Å². The van der Waals surface area contributed by atoms with Crippen molar-refractivity contribution in [2.45, 2.75) is 24.7 Å². The van der Waals surface area contributed by atoms with Crippen LogP contribution in [0.25, 0.3) is 16.2 Å². The molecule has 2 aliphatic carbocycles. The zero-order valence-electron chi connectivity index (χ0n) is 14.6. The predicted octanol–water partition coefficient (Wildman–Crippen LogP) is 7.14. The van der Waals surface area contributed by atoms with E-state index in [-0.39, 0.29) is 5.82 Å². The highest BCUT2D eigenvalue weighted by Gasteiger charge is 2.41. The van der Waals surface area contributed by atoms with Gasteiger partial charge in [-0.2, -0.15) is 0 Å². The Hall–Kier alpha value is -2.23. The van der Waals surface area contributed by atoms with Gasteiger partial charge in [-0.3, -0.25) is 0 Å². The van der Waals surface area contributed by atoms with E-state index in [4.69, 9.17) is 0 Å². The van der Waals surface area contributed by atoms with Gasteiger partial charge < -0.3 is 0 Å². The Morgan fingerprint density at radius 2 is 1.81 bits per heavy atom. The Morgan fingerprint density at radius 3 is 2.70 bits per heavy atom. The molecule has 4 aromatic rings. The Kier molecular flexibility index (Phi) is 3.44. The minimum absolute atomic E-state index is 0.163. The predicted molar refractivity (Wildman–Crippen MR) is 114 cm³/mol. The van der Waals surface area contributed by atoms with Crippen molar-refractivity contribution in [2.24, 2.45) is 0 Å². The smallest absolute Gasteiger partial charge is 0.123 e. The van der Waals surface area contributed by atoms with Crippen molar-refractivity contribution in [3.05, 3.63) is 97.8 Å². The summed E-state index contributed by atoms with van der Waals surface area (Å²) >= 11 is 3.75. The Balaban J connectivity index is 1.33. The molecule has 0 spiro atoms. The number of fused-ring (bicyclic) bond motifs is 8. The second-order valence-electron chi connectivity index (χ2n) is 7.42. The summed E-state index contributed by atoms with van der Waals surface area (Å²) in [7, 11) is 0. The molecule has 2 heterocycles. The lowest BCUT2D eigenvalue weighted by atomic mass is 9.62. The van der Waals surface area contributed by atoms with Crippen molar-refractivity contribution in [3.63, 3.8) is 0 Å². The maximum Gasteiger partial charge on any atom is 0.123 e. The zero-order chi connectivity index (χ0) is 18.0. The summed E-state index contributed by atoms with van der Waals surface area (Å²) in [5.74, 6) is 0.923. The third-order valence-electron chi connectivity index (χ3n) is 5.95. The molecule has 0 saturated heterocycles. The fourth-order valence-corrected chi connectivity index (χ4v) is 6.56. The summed E-state index contributed by atoms with van der Waals surface area (Å²) in [6.45, 7) is 0. The van der Waals surface area contributed by atoms with Crippen molar-refractivity contribution >= 4 is 38.8 Å². The average molecular weight is 389 g/mol. The van der Waals surface area contributed by atoms with Gasteiger partial charge in [-0.25, -0.2) is 4.39 Å². The van der Waals surface area contributed by atoms with E-state index >= 15 is 0 Å². The quantitative estimate of drug-likeness (QED) is 0.350. The first kappa shape index (κ1) is 15.8. The molecule has 0 nitrogen and oxygen atoms in total. The van der Waals surface area contributed by atoms with Crippen molar-refractivity contribution in [1.82, 2.24) is 0 Å². The van der Waals surface area contributed by atoms with Crippen LogP contribution in [-0.4, -0.2) is 0 Å². The third kappa shape index (κ3) is 2.38. The lowest BCUT2D eigenvalue weighted by Gasteiger charge is -2.41. The van der Waals surface area contributed by atoms with Crippen LogP contribution >= 0.6 is 22.7 Å². The molecule has 0 radical (unpaired) electrons. The van der Waals surface area contributed by atoms with Crippen LogP contribution < -0.4 is 0 Å². The number of halogens is 1. The summed E-state index contributed by atoms with van der Waals surface area (Å²) in [5, 5.41) is 3.66. The van der Waals surface area contributed by atoms with Gasteiger partial charge >= 0.3 is 0 Å². The first-order chi connectivity index (χ1) is 13.3. The van der Waals surface area contributed by atoms with Crippen molar-refractivity contribution < 1.29 is 4.39 Å². The number of hydrogen-bond donors (Lipinski definition) is 0. The number of allylic oxidation sites excluding steroid dienone is 1. The molecule has 0 N–H and O–H groups in total. The summed E-state index contributed by atoms with van der Waals surface area (Å²) in [6.07, 6.45) is 6.68. The molecule has 0 amide bonds. The topological polar surface area (TPSA) is 0 Å². The molecular formula is C24H17FS2. The van der Waals surface area contributed by atoms with Crippen molar-refractivity contribution in [1.29, 1.82) is 0 Å². The van der Waals surface area contributed by atoms with Crippen LogP contribution in [0.3, 0.4) is 0 Å². The highest BCUT2D eigenvalue weighted by atomic mass is 32.1. The van der Waals surface area contributed by atoms with Gasteiger partial charge in [0.15, 0.2) is 0 Å². The summed E-state index contributed by atoms with van der Waals surface area (Å²) in [4.78, 5) is 2.84. The molecule has 27 heavy (non-hydrogen) atoms. The SMILES string of the molecule is Fc1ccc(CCc2cc3c4c(ccc3s2)C2c3ccsc3C=CC42)cc1. The fraction of sp³-hybridized carbons (Fsp3) is 0.167. The van der Waals surface area contributed by atoms with Crippen molar-refractivity contribution in [2.75, 3.05) is 0 Å². The molecule has 2 aromatic heterocycles. The highest BCUT2D eigenvalue weighted by Crippen LogP contribution is 2.58. The lowest BCUT2D eigenvalue weighted by molar-refractivity contribution is 0.627. The van der Waals surface area contributed by atoms with Crippen molar-refractivity contribution in [3.8, 4) is 0 Å². The molecular weight excluding hydrogens is 371 g/mol. The van der Waals surface area contributed by atoms with Crippen LogP contribution in [0.4, 0.5) is 4.39 Å². The van der Waals surface area contributed by atoms with Gasteiger partial charge in [0.1, 0.15) is 5.82 Å². The maximum atomic E-state index is 13.1. The number of hydrogen-bond acceptors (Lipinski definition) is 2. The van der Waals surface area contributed by atoms with E-state index in [1.165, 1.54) is 42.1 Å². The second kappa shape index (κ2) is 5.88. The van der Waals surface area contributed by atoms with Crippen LogP contribution in [0.15, 0.2) is 60.0 Å². The van der Waals surface area contributed by atoms with E-state index in [2.05, 4.69) is 41.8 Å². The Labute approximate surface area is 165 Å². The minimum atomic E-state index is -0.163. The van der Waals surface area contributed by atoms with Gasteiger partial charge in [0.2, 0.25) is 0 Å². The molecule has 3 heteroatoms. The normalized spacial score (nSPS) is 19.4. The number of thiophene rings is 2. The summed E-state index contributed by atoms with van der Waals surface area (Å²) in [6, 6.07) is 16.2. The largest absolute Gasteiger partial charge is 0.207 e. The second-order valence-corrected chi connectivity index (χ2v) is 9.54. The number of aryl methyl sites for hydroxylation is 2. The lowest BCUT2D eigenvalue weighted by Crippen LogP contribution is -2.25. The Morgan fingerprint density at radius 1 is 0.926 bits per heavy atom. The molecule has 2 unspecified atom stereocenters. The van der Waals surface area contributed by atoms with Crippen LogP contribution in [0, 0.1) is 5.82 Å². The fourth-order valence-electron chi connectivity index (χ4n) is 4.63. The molecule has 2 aliphatic rings. The molecule has 0 aliphatic heterocycles. The van der Waals surface area contributed by atoms with E-state index in [1.807, 2.05) is 34.8 Å². The van der Waals surface area contributed by atoms with Crippen LogP contribution in [0.5, 0.6) is 0 Å². The van der Waals surface area contributed by atoms with E-state index in [0.717, 1.165) is 12.8 Å².